The van der Waals surface area contributed by atoms with Gasteiger partial charge in [0.25, 0.3) is 0 Å². The lowest BCUT2D eigenvalue weighted by atomic mass is 9.78. The van der Waals surface area contributed by atoms with E-state index in [2.05, 4.69) is 62.6 Å². The van der Waals surface area contributed by atoms with E-state index in [0.29, 0.717) is 11.1 Å². The molecule has 288 valence electrons. The molecule has 0 atom stereocenters. The summed E-state index contributed by atoms with van der Waals surface area (Å²) in [6, 6.07) is 46.3. The van der Waals surface area contributed by atoms with Gasteiger partial charge < -0.3 is 19.0 Å². The van der Waals surface area contributed by atoms with Gasteiger partial charge in [0.1, 0.15) is 17.3 Å². The predicted molar refractivity (Wildman–Crippen MR) is 222 cm³/mol. The van der Waals surface area contributed by atoms with E-state index in [1.54, 1.807) is 48.5 Å². The predicted octanol–water partition coefficient (Wildman–Crippen LogP) is 9.80. The van der Waals surface area contributed by atoms with Crippen LogP contribution in [-0.2, 0) is 42.6 Å². The smallest absolute Gasteiger partial charge is 0.323 e. The molecule has 6 aromatic carbocycles. The zero-order chi connectivity index (χ0) is 40.0. The zero-order valence-corrected chi connectivity index (χ0v) is 33.2. The summed E-state index contributed by atoms with van der Waals surface area (Å²) < 4.78 is 63.3. The maximum absolute atomic E-state index is 13.2. The van der Waals surface area contributed by atoms with Gasteiger partial charge in [0.15, 0.2) is 5.75 Å². The van der Waals surface area contributed by atoms with E-state index >= 15 is 0 Å². The van der Waals surface area contributed by atoms with E-state index in [9.17, 15) is 21.6 Å². The Hall–Kier alpha value is -5.91. The minimum Gasteiger partial charge on any atom is -0.382 e. The van der Waals surface area contributed by atoms with Crippen LogP contribution in [0.5, 0.6) is 11.5 Å². The van der Waals surface area contributed by atoms with E-state index in [-0.39, 0.29) is 45.2 Å². The first kappa shape index (κ1) is 39.8. The Bertz CT molecular complexity index is 2500. The van der Waals surface area contributed by atoms with Gasteiger partial charge in [-0.25, -0.2) is 4.79 Å². The number of hydrogen-bond acceptors (Lipinski definition) is 7. The third kappa shape index (κ3) is 10.0. The van der Waals surface area contributed by atoms with Crippen molar-refractivity contribution in [2.45, 2.75) is 50.0 Å². The van der Waals surface area contributed by atoms with Gasteiger partial charge in [-0.3, -0.25) is 0 Å². The Balaban J connectivity index is 1.05. The molecule has 56 heavy (non-hydrogen) atoms. The fourth-order valence-corrected chi connectivity index (χ4v) is 8.52. The Labute approximate surface area is 329 Å². The van der Waals surface area contributed by atoms with E-state index in [0.717, 1.165) is 22.3 Å². The highest BCUT2D eigenvalue weighted by Crippen LogP contribution is 2.33. The molecule has 0 spiro atoms. The summed E-state index contributed by atoms with van der Waals surface area (Å²) in [6.07, 6.45) is 0. The van der Waals surface area contributed by atoms with Gasteiger partial charge in [-0.1, -0.05) is 155 Å². The van der Waals surface area contributed by atoms with E-state index in [1.807, 2.05) is 60.7 Å². The maximum Gasteiger partial charge on any atom is 0.323 e. The van der Waals surface area contributed by atoms with Crippen molar-refractivity contribution in [3.63, 3.8) is 0 Å². The molecule has 9 nitrogen and oxygen atoms in total. The summed E-state index contributed by atoms with van der Waals surface area (Å²) >= 11 is 0. The molecule has 0 saturated carbocycles. The molecule has 0 unspecified atom stereocenters. The first-order valence-corrected chi connectivity index (χ1v) is 21.2. The van der Waals surface area contributed by atoms with Crippen LogP contribution in [-0.4, -0.2) is 22.9 Å². The molecule has 11 heteroatoms. The first-order chi connectivity index (χ1) is 26.6. The first-order valence-electron chi connectivity index (χ1n) is 18.0. The second-order valence-electron chi connectivity index (χ2n) is 14.5. The van der Waals surface area contributed by atoms with Crippen molar-refractivity contribution in [1.82, 2.24) is 0 Å². The van der Waals surface area contributed by atoms with Crippen LogP contribution in [0.2, 0.25) is 0 Å². The molecule has 0 aliphatic heterocycles. The van der Waals surface area contributed by atoms with Gasteiger partial charge in [0, 0.05) is 22.6 Å². The lowest BCUT2D eigenvalue weighted by molar-refractivity contribution is 0.262. The number of carbonyl (C=O) groups is 1. The number of urea groups is 1. The Morgan fingerprint density at radius 1 is 0.500 bits per heavy atom. The van der Waals surface area contributed by atoms with Crippen molar-refractivity contribution < 1.29 is 30.0 Å². The number of nitrogens with one attached hydrogen (secondary N) is 2. The van der Waals surface area contributed by atoms with Gasteiger partial charge in [0.2, 0.25) is 0 Å². The van der Waals surface area contributed by atoms with Crippen LogP contribution in [0.25, 0.3) is 0 Å². The molecule has 0 fully saturated rings. The highest BCUT2D eigenvalue weighted by Gasteiger charge is 2.25. The summed E-state index contributed by atoms with van der Waals surface area (Å²) in [5.74, 6) is -0.790. The standard InChI is InChI=1S/C45H44N2O7S2/c1-44(2,35-14-7-5-8-15-35)37-26-22-33(23-27-37)31-55(49,50)53-40-19-13-18-39(30-40)46-43(48)47-41-20-11-12-21-42(41)54-56(51,52)32-34-24-28-38(29-25-34)45(3,4)36-16-9-6-10-17-36/h5-30H,31-32H2,1-4H3,(H2,46,47,48). The molecule has 2 amide bonds. The summed E-state index contributed by atoms with van der Waals surface area (Å²) in [6.45, 7) is 8.46. The van der Waals surface area contributed by atoms with Crippen molar-refractivity contribution >= 4 is 37.6 Å². The van der Waals surface area contributed by atoms with E-state index in [4.69, 9.17) is 8.37 Å². The third-order valence-corrected chi connectivity index (χ3v) is 11.9. The largest absolute Gasteiger partial charge is 0.382 e. The summed E-state index contributed by atoms with van der Waals surface area (Å²) in [5, 5.41) is 5.24. The normalized spacial score (nSPS) is 12.1. The quantitative estimate of drug-likeness (QED) is 0.105. The van der Waals surface area contributed by atoms with Crippen molar-refractivity contribution in [2.75, 3.05) is 10.6 Å². The number of anilines is 2. The van der Waals surface area contributed by atoms with Crippen LogP contribution in [0.4, 0.5) is 16.2 Å². The van der Waals surface area contributed by atoms with Crippen molar-refractivity contribution in [3.8, 4) is 11.5 Å². The fraction of sp³-hybridized carbons (Fsp3) is 0.178. The molecule has 0 aliphatic carbocycles. The van der Waals surface area contributed by atoms with E-state index < -0.39 is 26.3 Å². The second-order valence-corrected chi connectivity index (χ2v) is 17.7. The Morgan fingerprint density at radius 3 is 1.46 bits per heavy atom. The number of para-hydroxylation sites is 2. The zero-order valence-electron chi connectivity index (χ0n) is 31.6. The van der Waals surface area contributed by atoms with Crippen molar-refractivity contribution in [1.29, 1.82) is 0 Å². The molecule has 0 aromatic heterocycles. The second kappa shape index (κ2) is 16.4. The lowest BCUT2D eigenvalue weighted by Crippen LogP contribution is -2.21. The van der Waals surface area contributed by atoms with Gasteiger partial charge >= 0.3 is 26.3 Å². The number of amides is 2. The molecular weight excluding hydrogens is 745 g/mol. The maximum atomic E-state index is 13.2. The third-order valence-electron chi connectivity index (χ3n) is 9.70. The monoisotopic (exact) mass is 788 g/mol. The fourth-order valence-electron chi connectivity index (χ4n) is 6.38. The number of hydrogen-bond donors (Lipinski definition) is 2. The van der Waals surface area contributed by atoms with Gasteiger partial charge in [-0.05, 0) is 57.6 Å². The van der Waals surface area contributed by atoms with Gasteiger partial charge in [-0.2, -0.15) is 16.8 Å². The molecule has 2 N–H and O–H groups in total. The molecular formula is C45H44N2O7S2. The van der Waals surface area contributed by atoms with Crippen LogP contribution < -0.4 is 19.0 Å². The minimum absolute atomic E-state index is 0.0103. The van der Waals surface area contributed by atoms with Crippen LogP contribution in [0.1, 0.15) is 61.1 Å². The van der Waals surface area contributed by atoms with Crippen LogP contribution >= 0.6 is 0 Å². The average molecular weight is 789 g/mol. The van der Waals surface area contributed by atoms with Crippen LogP contribution in [0, 0.1) is 0 Å². The SMILES string of the molecule is CC(C)(c1ccccc1)c1ccc(CS(=O)(=O)Oc2cccc(NC(=O)Nc3ccccc3OS(=O)(=O)Cc3ccc(C(C)(C)c4ccccc4)cc3)c2)cc1. The summed E-state index contributed by atoms with van der Waals surface area (Å²) in [4.78, 5) is 13.0. The van der Waals surface area contributed by atoms with E-state index in [1.165, 1.54) is 24.3 Å². The molecule has 0 saturated heterocycles. The summed E-state index contributed by atoms with van der Waals surface area (Å²) in [5.41, 5.74) is 5.29. The van der Waals surface area contributed by atoms with Crippen LogP contribution in [0.3, 0.4) is 0 Å². The van der Waals surface area contributed by atoms with Gasteiger partial charge in [-0.15, -0.1) is 0 Å². The molecule has 6 rings (SSSR count). The number of carbonyl (C=O) groups excluding carboxylic acids is 1. The summed E-state index contributed by atoms with van der Waals surface area (Å²) in [7, 11) is -8.17. The highest BCUT2D eigenvalue weighted by atomic mass is 32.2. The molecule has 0 aliphatic rings. The average Bonchev–Trinajstić information content (AvgIpc) is 3.16. The molecule has 0 bridgehead atoms. The highest BCUT2D eigenvalue weighted by molar-refractivity contribution is 7.86. The minimum atomic E-state index is -4.12. The van der Waals surface area contributed by atoms with Crippen molar-refractivity contribution in [3.05, 3.63) is 191 Å². The molecule has 0 radical (unpaired) electrons. The topological polar surface area (TPSA) is 128 Å². The number of benzene rings is 6. The Morgan fingerprint density at radius 2 is 0.946 bits per heavy atom. The van der Waals surface area contributed by atoms with Crippen LogP contribution in [0.15, 0.2) is 158 Å². The Kier molecular flexibility index (Phi) is 11.7. The van der Waals surface area contributed by atoms with Gasteiger partial charge in [0.05, 0.1) is 5.69 Å². The lowest BCUT2D eigenvalue weighted by Gasteiger charge is -2.26. The molecule has 0 heterocycles. The van der Waals surface area contributed by atoms with Crippen molar-refractivity contribution in [2.24, 2.45) is 0 Å². The number of rotatable bonds is 14. The molecule has 6 aromatic rings.